The first kappa shape index (κ1) is 18.0. The van der Waals surface area contributed by atoms with Crippen LogP contribution >= 0.6 is 15.9 Å². The van der Waals surface area contributed by atoms with E-state index in [1.807, 2.05) is 0 Å². The van der Waals surface area contributed by atoms with Gasteiger partial charge in [0.1, 0.15) is 34.9 Å². The number of carbonyl (C=O) groups excluding carboxylic acids is 2. The molecule has 2 unspecified atom stereocenters. The second kappa shape index (κ2) is 6.76. The van der Waals surface area contributed by atoms with Crippen LogP contribution in [0.2, 0.25) is 0 Å². The van der Waals surface area contributed by atoms with Gasteiger partial charge in [0.2, 0.25) is 11.8 Å². The third-order valence-corrected chi connectivity index (χ3v) is 5.84. The molecule has 1 aliphatic carbocycles. The number of anilines is 2. The molecule has 1 aliphatic heterocycles. The summed E-state index contributed by atoms with van der Waals surface area (Å²) in [5.41, 5.74) is 6.77. The number of rotatable bonds is 4. The van der Waals surface area contributed by atoms with Crippen LogP contribution in [0.25, 0.3) is 11.2 Å². The number of likely N-dealkylation sites (tertiary alicyclic amines) is 1. The molecule has 4 heterocycles. The zero-order valence-corrected chi connectivity index (χ0v) is 16.8. The number of aromatic nitrogens is 5. The quantitative estimate of drug-likeness (QED) is 0.563. The lowest BCUT2D eigenvalue weighted by Gasteiger charge is -2.27. The Hall–Kier alpha value is -3.08. The first-order valence-electron chi connectivity index (χ1n) is 9.17. The Labute approximate surface area is 173 Å². The number of hydrogen-bond acceptors (Lipinski definition) is 7. The molecule has 0 bridgehead atoms. The predicted molar refractivity (Wildman–Crippen MR) is 107 cm³/mol. The number of hydrogen-bond donors (Lipinski definition) is 2. The topological polar surface area (TPSA) is 132 Å². The molecule has 0 radical (unpaired) electrons. The third-order valence-electron chi connectivity index (χ3n) is 5.40. The van der Waals surface area contributed by atoms with Gasteiger partial charge in [-0.2, -0.15) is 0 Å². The molecule has 11 heteroatoms. The fourth-order valence-corrected chi connectivity index (χ4v) is 4.32. The number of fused-ring (bicyclic) bond motifs is 2. The van der Waals surface area contributed by atoms with Crippen molar-refractivity contribution in [2.24, 2.45) is 5.92 Å². The van der Waals surface area contributed by atoms with Crippen molar-refractivity contribution >= 4 is 50.5 Å². The fraction of sp³-hybridized carbons (Fsp3) is 0.333. The van der Waals surface area contributed by atoms with Crippen LogP contribution in [-0.4, -0.2) is 53.3 Å². The van der Waals surface area contributed by atoms with Gasteiger partial charge in [0, 0.05) is 6.04 Å². The summed E-state index contributed by atoms with van der Waals surface area (Å²) < 4.78 is 2.27. The number of imidazole rings is 1. The van der Waals surface area contributed by atoms with Gasteiger partial charge in [-0.25, -0.2) is 19.9 Å². The molecule has 3 atom stereocenters. The molecule has 3 aromatic heterocycles. The van der Waals surface area contributed by atoms with E-state index in [9.17, 15) is 9.59 Å². The average molecular weight is 457 g/mol. The van der Waals surface area contributed by atoms with Crippen molar-refractivity contribution in [1.82, 2.24) is 29.4 Å². The summed E-state index contributed by atoms with van der Waals surface area (Å²) in [7, 11) is 0. The smallest absolute Gasteiger partial charge is 0.248 e. The summed E-state index contributed by atoms with van der Waals surface area (Å²) in [6.07, 6.45) is 4.46. The molecule has 0 spiro atoms. The highest BCUT2D eigenvalue weighted by Gasteiger charge is 2.56. The molecule has 10 nitrogen and oxygen atoms in total. The normalized spacial score (nSPS) is 22.5. The fourth-order valence-electron chi connectivity index (χ4n) is 3.98. The number of nitrogens with one attached hydrogen (secondary N) is 1. The lowest BCUT2D eigenvalue weighted by molar-refractivity contribution is -0.138. The number of nitrogens with two attached hydrogens (primary N) is 1. The monoisotopic (exact) mass is 456 g/mol. The molecule has 1 saturated heterocycles. The van der Waals surface area contributed by atoms with Crippen LogP contribution in [0.3, 0.4) is 0 Å². The molecule has 3 aromatic rings. The van der Waals surface area contributed by atoms with E-state index in [1.165, 1.54) is 12.7 Å². The van der Waals surface area contributed by atoms with Crippen LogP contribution in [0, 0.1) is 5.92 Å². The van der Waals surface area contributed by atoms with Gasteiger partial charge in [0.15, 0.2) is 11.5 Å². The highest BCUT2D eigenvalue weighted by molar-refractivity contribution is 9.10. The number of pyridine rings is 1. The second-order valence-corrected chi connectivity index (χ2v) is 8.07. The number of carbonyl (C=O) groups is 2. The first-order valence-corrected chi connectivity index (χ1v) is 9.96. The summed E-state index contributed by atoms with van der Waals surface area (Å²) >= 11 is 3.29. The van der Waals surface area contributed by atoms with Gasteiger partial charge in [-0.05, 0) is 46.8 Å². The Bertz CT molecular complexity index is 1130. The van der Waals surface area contributed by atoms with Crippen LogP contribution in [0.15, 0.2) is 35.5 Å². The van der Waals surface area contributed by atoms with E-state index in [4.69, 9.17) is 5.73 Å². The predicted octanol–water partition coefficient (Wildman–Crippen LogP) is 1.19. The molecule has 1 saturated carbocycles. The van der Waals surface area contributed by atoms with E-state index >= 15 is 0 Å². The van der Waals surface area contributed by atoms with Gasteiger partial charge in [0.25, 0.3) is 0 Å². The van der Waals surface area contributed by atoms with E-state index < -0.39 is 6.04 Å². The van der Waals surface area contributed by atoms with Crippen molar-refractivity contribution in [1.29, 1.82) is 0 Å². The lowest BCUT2D eigenvalue weighted by Crippen LogP contribution is -2.46. The Balaban J connectivity index is 1.35. The Kier molecular flexibility index (Phi) is 4.19. The Morgan fingerprint density at radius 3 is 2.93 bits per heavy atom. The summed E-state index contributed by atoms with van der Waals surface area (Å²) in [5, 5.41) is 2.82. The van der Waals surface area contributed by atoms with Gasteiger partial charge < -0.3 is 20.5 Å². The molecular formula is C18H17BrN8O2. The van der Waals surface area contributed by atoms with Crippen molar-refractivity contribution in [2.75, 3.05) is 11.1 Å². The van der Waals surface area contributed by atoms with E-state index in [1.54, 1.807) is 27.7 Å². The van der Waals surface area contributed by atoms with Crippen LogP contribution in [0.5, 0.6) is 0 Å². The molecule has 5 rings (SSSR count). The highest BCUT2D eigenvalue weighted by Crippen LogP contribution is 2.48. The molecular weight excluding hydrogens is 440 g/mol. The minimum atomic E-state index is -0.512. The SMILES string of the molecule is Nc1ncnc2c1ncn2CC(=O)N1C(C(=O)Nc2cccc(Br)n2)C[C@H]2CC21. The summed E-state index contributed by atoms with van der Waals surface area (Å²) in [6.45, 7) is 0.0368. The Morgan fingerprint density at radius 2 is 2.10 bits per heavy atom. The van der Waals surface area contributed by atoms with E-state index in [-0.39, 0.29) is 30.2 Å². The molecule has 29 heavy (non-hydrogen) atoms. The number of amides is 2. The van der Waals surface area contributed by atoms with E-state index in [0.717, 1.165) is 6.42 Å². The van der Waals surface area contributed by atoms with E-state index in [2.05, 4.69) is 41.2 Å². The molecule has 2 amide bonds. The minimum absolute atomic E-state index is 0.0368. The number of halogens is 1. The molecule has 2 aliphatic rings. The van der Waals surface area contributed by atoms with Gasteiger partial charge in [-0.3, -0.25) is 9.59 Å². The lowest BCUT2D eigenvalue weighted by atomic mass is 10.1. The van der Waals surface area contributed by atoms with E-state index in [0.29, 0.717) is 33.9 Å². The van der Waals surface area contributed by atoms with Gasteiger partial charge in [-0.1, -0.05) is 6.07 Å². The highest BCUT2D eigenvalue weighted by atomic mass is 79.9. The summed E-state index contributed by atoms with van der Waals surface area (Å²) in [4.78, 5) is 44.2. The standard InChI is InChI=1S/C18H17BrN8O2/c19-12-2-1-3-13(24-12)25-18(29)11-5-9-4-10(9)27(11)14(28)6-26-8-23-15-16(20)21-7-22-17(15)26/h1-3,7-11H,4-6H2,(H2,20,21,22)(H,24,25,29)/t9-,10?,11?/m1/s1. The van der Waals surface area contributed by atoms with Crippen molar-refractivity contribution < 1.29 is 9.59 Å². The average Bonchev–Trinajstić information content (AvgIpc) is 3.15. The van der Waals surface area contributed by atoms with Crippen LogP contribution in [0.4, 0.5) is 11.6 Å². The second-order valence-electron chi connectivity index (χ2n) is 7.25. The van der Waals surface area contributed by atoms with Crippen molar-refractivity contribution in [3.8, 4) is 0 Å². The molecule has 0 aromatic carbocycles. The van der Waals surface area contributed by atoms with Gasteiger partial charge in [0.05, 0.1) is 6.33 Å². The maximum atomic E-state index is 13.1. The molecule has 3 N–H and O–H groups in total. The van der Waals surface area contributed by atoms with Gasteiger partial charge in [-0.15, -0.1) is 0 Å². The van der Waals surface area contributed by atoms with Crippen molar-refractivity contribution in [3.05, 3.63) is 35.5 Å². The van der Waals surface area contributed by atoms with Crippen molar-refractivity contribution in [2.45, 2.75) is 31.5 Å². The Morgan fingerprint density at radius 1 is 1.24 bits per heavy atom. The molecule has 148 valence electrons. The minimum Gasteiger partial charge on any atom is -0.382 e. The maximum Gasteiger partial charge on any atom is 0.248 e. The van der Waals surface area contributed by atoms with Gasteiger partial charge >= 0.3 is 0 Å². The molecule has 2 fully saturated rings. The largest absolute Gasteiger partial charge is 0.382 e. The number of nitrogens with zero attached hydrogens (tertiary/aromatic N) is 6. The van der Waals surface area contributed by atoms with Crippen LogP contribution < -0.4 is 11.1 Å². The maximum absolute atomic E-state index is 13.1. The van der Waals surface area contributed by atoms with Crippen LogP contribution in [0.1, 0.15) is 12.8 Å². The zero-order valence-electron chi connectivity index (χ0n) is 15.2. The number of piperidine rings is 1. The van der Waals surface area contributed by atoms with Crippen molar-refractivity contribution in [3.63, 3.8) is 0 Å². The third kappa shape index (κ3) is 3.20. The first-order chi connectivity index (χ1) is 14.0. The zero-order chi connectivity index (χ0) is 20.1. The summed E-state index contributed by atoms with van der Waals surface area (Å²) in [5.74, 6) is 0.725. The summed E-state index contributed by atoms with van der Waals surface area (Å²) in [6, 6.07) is 4.89. The number of nitrogen functional groups attached to an aromatic ring is 1. The van der Waals surface area contributed by atoms with Crippen LogP contribution in [-0.2, 0) is 16.1 Å².